The number of nitrogens with one attached hydrogen (secondary N) is 1. The molecule has 25 heavy (non-hydrogen) atoms. The molecule has 0 radical (unpaired) electrons. The molecule has 1 aliphatic heterocycles. The molecule has 1 N–H and O–H groups in total. The fraction of sp³-hybridized carbons (Fsp3) is 0.350. The van der Waals surface area contributed by atoms with Crippen molar-refractivity contribution in [3.8, 4) is 0 Å². The minimum absolute atomic E-state index is 0.125. The van der Waals surface area contributed by atoms with Gasteiger partial charge in [-0.25, -0.2) is 4.39 Å². The third kappa shape index (κ3) is 1.89. The second kappa shape index (κ2) is 4.97. The largest absolute Gasteiger partial charge is 0.309 e. The lowest BCUT2D eigenvalue weighted by Crippen LogP contribution is -2.52. The Morgan fingerprint density at radius 3 is 2.92 bits per heavy atom. The number of carbonyl (C=O) groups is 1. The van der Waals surface area contributed by atoms with E-state index in [9.17, 15) is 4.79 Å². The molecule has 1 aromatic heterocycles. The molecule has 5 heteroatoms. The molecule has 1 saturated carbocycles. The van der Waals surface area contributed by atoms with Crippen LogP contribution in [0, 0.1) is 5.82 Å². The second-order valence-corrected chi connectivity index (χ2v) is 7.13. The minimum Gasteiger partial charge on any atom is -0.309 e. The van der Waals surface area contributed by atoms with Crippen LogP contribution >= 0.6 is 0 Å². The Morgan fingerprint density at radius 2 is 2.16 bits per heavy atom. The van der Waals surface area contributed by atoms with Crippen molar-refractivity contribution in [1.29, 1.82) is 0 Å². The van der Waals surface area contributed by atoms with Crippen LogP contribution in [0.3, 0.4) is 0 Å². The number of hydrogen-bond donors (Lipinski definition) is 1. The lowest BCUT2D eigenvalue weighted by atomic mass is 9.70. The Kier molecular flexibility index (Phi) is 2.94. The van der Waals surface area contributed by atoms with Gasteiger partial charge in [0.1, 0.15) is 17.1 Å². The van der Waals surface area contributed by atoms with Gasteiger partial charge in [0.25, 0.3) is 0 Å². The van der Waals surface area contributed by atoms with Gasteiger partial charge in [-0.05, 0) is 60.4 Å². The number of amidine groups is 1. The summed E-state index contributed by atoms with van der Waals surface area (Å²) in [4.78, 5) is 21.8. The van der Waals surface area contributed by atoms with Gasteiger partial charge in [-0.2, -0.15) is 0 Å². The van der Waals surface area contributed by atoms with E-state index >= 15 is 4.39 Å². The number of aliphatic imine (C=N–C) groups is 1. The van der Waals surface area contributed by atoms with Gasteiger partial charge in [-0.3, -0.25) is 14.8 Å². The van der Waals surface area contributed by atoms with Crippen LogP contribution in [0.1, 0.15) is 53.1 Å². The first-order chi connectivity index (χ1) is 12.1. The number of aromatic nitrogens is 1. The van der Waals surface area contributed by atoms with Crippen LogP contribution in [0.4, 0.5) is 4.39 Å². The Labute approximate surface area is 145 Å². The van der Waals surface area contributed by atoms with Crippen molar-refractivity contribution in [3.05, 3.63) is 64.2 Å². The summed E-state index contributed by atoms with van der Waals surface area (Å²) in [6, 6.07) is 7.46. The SMILES string of the molecule is CN=C1NC(=O)[C@]2(CCc3ncccc32)c2cc(C3CC3)cc(F)c21. The van der Waals surface area contributed by atoms with Gasteiger partial charge in [0, 0.05) is 18.9 Å². The summed E-state index contributed by atoms with van der Waals surface area (Å²) in [7, 11) is 1.58. The molecule has 0 saturated heterocycles. The number of amides is 1. The van der Waals surface area contributed by atoms with Crippen LogP contribution in [0.15, 0.2) is 35.5 Å². The molecule has 2 aliphatic carbocycles. The molecule has 126 valence electrons. The Bertz CT molecular complexity index is 948. The summed E-state index contributed by atoms with van der Waals surface area (Å²) < 4.78 is 15.0. The van der Waals surface area contributed by atoms with Gasteiger partial charge in [0.2, 0.25) is 5.91 Å². The van der Waals surface area contributed by atoms with Crippen LogP contribution in [0.5, 0.6) is 0 Å². The van der Waals surface area contributed by atoms with E-state index in [1.54, 1.807) is 19.3 Å². The molecule has 1 spiro atoms. The first-order valence-corrected chi connectivity index (χ1v) is 8.72. The van der Waals surface area contributed by atoms with Crippen molar-refractivity contribution in [1.82, 2.24) is 10.3 Å². The first kappa shape index (κ1) is 14.8. The van der Waals surface area contributed by atoms with Crippen molar-refractivity contribution in [3.63, 3.8) is 0 Å². The number of carbonyl (C=O) groups excluding carboxylic acids is 1. The summed E-state index contributed by atoms with van der Waals surface area (Å²) in [5, 5.41) is 2.84. The minimum atomic E-state index is -0.862. The lowest BCUT2D eigenvalue weighted by Gasteiger charge is -2.36. The highest BCUT2D eigenvalue weighted by Gasteiger charge is 2.52. The van der Waals surface area contributed by atoms with Crippen LogP contribution in [-0.4, -0.2) is 23.8 Å². The molecule has 2 aromatic rings. The van der Waals surface area contributed by atoms with Gasteiger partial charge in [-0.15, -0.1) is 0 Å². The molecule has 2 heterocycles. The maximum absolute atomic E-state index is 15.0. The quantitative estimate of drug-likeness (QED) is 0.871. The first-order valence-electron chi connectivity index (χ1n) is 8.72. The van der Waals surface area contributed by atoms with Gasteiger partial charge < -0.3 is 5.32 Å². The van der Waals surface area contributed by atoms with E-state index in [0.717, 1.165) is 41.6 Å². The third-order valence-electron chi connectivity index (χ3n) is 5.79. The monoisotopic (exact) mass is 335 g/mol. The van der Waals surface area contributed by atoms with Gasteiger partial charge in [0.05, 0.1) is 5.56 Å². The average Bonchev–Trinajstić information content (AvgIpc) is 3.40. The van der Waals surface area contributed by atoms with Crippen molar-refractivity contribution >= 4 is 11.7 Å². The Balaban J connectivity index is 1.84. The van der Waals surface area contributed by atoms with E-state index in [4.69, 9.17) is 0 Å². The van der Waals surface area contributed by atoms with Gasteiger partial charge in [0.15, 0.2) is 0 Å². The number of rotatable bonds is 1. The molecule has 4 nitrogen and oxygen atoms in total. The van der Waals surface area contributed by atoms with E-state index in [-0.39, 0.29) is 11.7 Å². The zero-order valence-electron chi connectivity index (χ0n) is 14.0. The highest BCUT2D eigenvalue weighted by atomic mass is 19.1. The fourth-order valence-corrected chi connectivity index (χ4v) is 4.41. The molecule has 0 unspecified atom stereocenters. The van der Waals surface area contributed by atoms with Crippen LogP contribution < -0.4 is 5.32 Å². The predicted octanol–water partition coefficient (Wildman–Crippen LogP) is 2.84. The topological polar surface area (TPSA) is 54.4 Å². The number of nitrogens with zero attached hydrogens (tertiary/aromatic N) is 2. The lowest BCUT2D eigenvalue weighted by molar-refractivity contribution is -0.124. The fourth-order valence-electron chi connectivity index (χ4n) is 4.41. The number of halogens is 1. The molecule has 1 amide bonds. The van der Waals surface area contributed by atoms with Crippen molar-refractivity contribution < 1.29 is 9.18 Å². The number of benzene rings is 1. The molecule has 3 aliphatic rings. The normalized spacial score (nSPS) is 25.8. The van der Waals surface area contributed by atoms with E-state index in [2.05, 4.69) is 15.3 Å². The summed E-state index contributed by atoms with van der Waals surface area (Å²) in [5.41, 5.74) is 3.15. The van der Waals surface area contributed by atoms with Crippen LogP contribution in [-0.2, 0) is 16.6 Å². The number of fused-ring (bicyclic) bond motifs is 4. The maximum Gasteiger partial charge on any atom is 0.240 e. The highest BCUT2D eigenvalue weighted by molar-refractivity contribution is 6.17. The number of pyridine rings is 1. The average molecular weight is 335 g/mol. The molecule has 5 rings (SSSR count). The van der Waals surface area contributed by atoms with Crippen molar-refractivity contribution in [2.45, 2.75) is 37.0 Å². The van der Waals surface area contributed by atoms with E-state index in [1.807, 2.05) is 18.2 Å². The second-order valence-electron chi connectivity index (χ2n) is 7.13. The molecule has 0 bridgehead atoms. The number of aryl methyl sites for hydroxylation is 1. The smallest absolute Gasteiger partial charge is 0.240 e. The van der Waals surface area contributed by atoms with E-state index in [1.165, 1.54) is 0 Å². The summed E-state index contributed by atoms with van der Waals surface area (Å²) >= 11 is 0. The maximum atomic E-state index is 15.0. The zero-order valence-corrected chi connectivity index (χ0v) is 14.0. The molecular formula is C20H18FN3O. The van der Waals surface area contributed by atoms with Gasteiger partial charge >= 0.3 is 0 Å². The predicted molar refractivity (Wildman–Crippen MR) is 92.3 cm³/mol. The van der Waals surface area contributed by atoms with Crippen molar-refractivity contribution in [2.75, 3.05) is 7.05 Å². The highest BCUT2D eigenvalue weighted by Crippen LogP contribution is 2.49. The molecule has 1 aromatic carbocycles. The third-order valence-corrected chi connectivity index (χ3v) is 5.79. The Hall–Kier alpha value is -2.56. The summed E-state index contributed by atoms with van der Waals surface area (Å²) in [6.07, 6.45) is 5.26. The van der Waals surface area contributed by atoms with E-state index < -0.39 is 5.41 Å². The number of hydrogen-bond acceptors (Lipinski definition) is 3. The zero-order chi connectivity index (χ0) is 17.2. The summed E-state index contributed by atoms with van der Waals surface area (Å²) in [6.45, 7) is 0. The Morgan fingerprint density at radius 1 is 1.32 bits per heavy atom. The molecule has 1 fully saturated rings. The molecule has 1 atom stereocenters. The van der Waals surface area contributed by atoms with E-state index in [0.29, 0.717) is 23.7 Å². The molecular weight excluding hydrogens is 317 g/mol. The van der Waals surface area contributed by atoms with Crippen LogP contribution in [0.25, 0.3) is 0 Å². The van der Waals surface area contributed by atoms with Crippen molar-refractivity contribution in [2.24, 2.45) is 4.99 Å². The van der Waals surface area contributed by atoms with Gasteiger partial charge in [-0.1, -0.05) is 12.1 Å². The van der Waals surface area contributed by atoms with Crippen LogP contribution in [0.2, 0.25) is 0 Å². The standard InChI is InChI=1S/C20H18FN3O/c1-22-18-17-14(9-12(10-15(17)21)11-4-5-11)20(19(25)24-18)7-6-16-13(20)3-2-8-23-16/h2-3,8-11H,4-7H2,1H3,(H,22,24,25)/t20-/m0/s1. The summed E-state index contributed by atoms with van der Waals surface area (Å²) in [5.74, 6) is 0.317.